The molecule has 3 aromatic rings. The molecule has 0 bridgehead atoms. The maximum absolute atomic E-state index is 13.0. The average molecular weight is 316 g/mol. The number of rotatable bonds is 1. The summed E-state index contributed by atoms with van der Waals surface area (Å²) in [6, 6.07) is 17.6. The van der Waals surface area contributed by atoms with Crippen molar-refractivity contribution < 1.29 is 0 Å². The molecule has 0 spiro atoms. The molecule has 0 amide bonds. The zero-order valence-corrected chi connectivity index (χ0v) is 12.5. The monoisotopic (exact) mass is 316 g/mol. The van der Waals surface area contributed by atoms with E-state index in [-0.39, 0.29) is 11.1 Å². The summed E-state index contributed by atoms with van der Waals surface area (Å²) in [5.41, 5.74) is 6.56. The molecule has 1 aromatic heterocycles. The lowest BCUT2D eigenvalue weighted by atomic mass is 10.1. The summed E-state index contributed by atoms with van der Waals surface area (Å²) in [5.74, 6) is 0. The molecule has 0 fully saturated rings. The molecule has 6 heteroatoms. The maximum Gasteiger partial charge on any atom is 0.278 e. The van der Waals surface area contributed by atoms with Gasteiger partial charge in [-0.15, -0.1) is 0 Å². The Morgan fingerprint density at radius 2 is 1.50 bits per heavy atom. The van der Waals surface area contributed by atoms with Gasteiger partial charge in [-0.25, -0.2) is 9.36 Å². The molecule has 2 heterocycles. The van der Waals surface area contributed by atoms with Crippen LogP contribution in [-0.2, 0) is 0 Å². The quantitative estimate of drug-likeness (QED) is 0.734. The second-order valence-electron chi connectivity index (χ2n) is 5.50. The molecule has 1 unspecified atom stereocenters. The number of hydrogen-bond donors (Lipinski definition) is 1. The van der Waals surface area contributed by atoms with E-state index in [0.29, 0.717) is 22.0 Å². The number of benzene rings is 2. The van der Waals surface area contributed by atoms with Crippen molar-refractivity contribution in [3.8, 4) is 6.07 Å². The predicted molar refractivity (Wildman–Crippen MR) is 90.1 cm³/mol. The third-order valence-corrected chi connectivity index (χ3v) is 4.20. The summed E-state index contributed by atoms with van der Waals surface area (Å²) in [5, 5.41) is 10.1. The van der Waals surface area contributed by atoms with Crippen LogP contribution in [0.4, 0.5) is 0 Å². The van der Waals surface area contributed by atoms with Crippen LogP contribution in [0.2, 0.25) is 0 Å². The highest BCUT2D eigenvalue weighted by Gasteiger charge is 2.32. The Kier molecular flexibility index (Phi) is 2.98. The van der Waals surface area contributed by atoms with Crippen LogP contribution in [-0.4, -0.2) is 9.36 Å². The van der Waals surface area contributed by atoms with Gasteiger partial charge in [0, 0.05) is 5.56 Å². The van der Waals surface area contributed by atoms with E-state index in [4.69, 9.17) is 5.73 Å². The molecule has 6 nitrogen and oxygen atoms in total. The summed E-state index contributed by atoms with van der Waals surface area (Å²) in [7, 11) is 0. The molecule has 1 aliphatic heterocycles. The van der Waals surface area contributed by atoms with Gasteiger partial charge in [0.15, 0.2) is 0 Å². The fraction of sp³-hybridized carbons (Fsp3) is 0.0556. The van der Waals surface area contributed by atoms with Gasteiger partial charge in [-0.05, 0) is 12.1 Å². The molecule has 1 atom stereocenters. The third kappa shape index (κ3) is 1.73. The van der Waals surface area contributed by atoms with Crippen molar-refractivity contribution in [2.45, 2.75) is 6.17 Å². The number of fused-ring (bicyclic) bond motifs is 2. The van der Waals surface area contributed by atoms with Crippen LogP contribution < -0.4 is 16.9 Å². The lowest BCUT2D eigenvalue weighted by Crippen LogP contribution is -2.39. The minimum atomic E-state index is -0.991. The fourth-order valence-electron chi connectivity index (χ4n) is 3.11. The van der Waals surface area contributed by atoms with E-state index in [2.05, 4.69) is 6.07 Å². The molecule has 4 rings (SSSR count). The molecule has 1 aliphatic rings. The van der Waals surface area contributed by atoms with Gasteiger partial charge in [-0.2, -0.15) is 5.26 Å². The van der Waals surface area contributed by atoms with Crippen molar-refractivity contribution in [1.82, 2.24) is 9.36 Å². The number of aromatic nitrogens is 2. The highest BCUT2D eigenvalue weighted by Crippen LogP contribution is 2.30. The SMILES string of the molecule is N#CC1=C(c2ccccc2)n2c(=O)c3ccccc3c(=O)n2C1N. The second-order valence-corrected chi connectivity index (χ2v) is 5.50. The van der Waals surface area contributed by atoms with Crippen LogP contribution in [0.15, 0.2) is 69.8 Å². The number of nitriles is 1. The Morgan fingerprint density at radius 3 is 2.12 bits per heavy atom. The molecule has 0 radical (unpaired) electrons. The standard InChI is InChI=1S/C18H12N4O2/c19-10-14-15(11-6-2-1-3-7-11)21-17(23)12-8-4-5-9-13(12)18(24)22(21)16(14)20/h1-9,16H,20H2. The maximum atomic E-state index is 13.0. The predicted octanol–water partition coefficient (Wildman–Crippen LogP) is 1.42. The van der Waals surface area contributed by atoms with E-state index in [1.54, 1.807) is 48.5 Å². The Morgan fingerprint density at radius 1 is 0.917 bits per heavy atom. The lowest BCUT2D eigenvalue weighted by molar-refractivity contribution is 0.500. The molecular weight excluding hydrogens is 304 g/mol. The molecular formula is C18H12N4O2. The van der Waals surface area contributed by atoms with Gasteiger partial charge in [0.1, 0.15) is 12.2 Å². The van der Waals surface area contributed by atoms with Crippen LogP contribution in [0, 0.1) is 11.3 Å². The minimum absolute atomic E-state index is 0.190. The Hall–Kier alpha value is -3.43. The van der Waals surface area contributed by atoms with E-state index in [1.165, 1.54) is 4.68 Å². The highest BCUT2D eigenvalue weighted by atomic mass is 16.2. The first kappa shape index (κ1) is 14.2. The largest absolute Gasteiger partial charge is 0.305 e. The van der Waals surface area contributed by atoms with Crippen molar-refractivity contribution in [2.75, 3.05) is 0 Å². The van der Waals surface area contributed by atoms with Gasteiger partial charge >= 0.3 is 0 Å². The average Bonchev–Trinajstić information content (AvgIpc) is 2.93. The van der Waals surface area contributed by atoms with Crippen LogP contribution in [0.5, 0.6) is 0 Å². The first-order valence-corrected chi connectivity index (χ1v) is 7.37. The topological polar surface area (TPSA) is 93.8 Å². The van der Waals surface area contributed by atoms with Gasteiger partial charge in [0.25, 0.3) is 11.1 Å². The molecule has 2 N–H and O–H groups in total. The summed E-state index contributed by atoms with van der Waals surface area (Å²) in [6.07, 6.45) is -0.991. The zero-order valence-electron chi connectivity index (χ0n) is 12.5. The summed E-state index contributed by atoms with van der Waals surface area (Å²) < 4.78 is 2.38. The van der Waals surface area contributed by atoms with E-state index >= 15 is 0 Å². The highest BCUT2D eigenvalue weighted by molar-refractivity contribution is 5.83. The van der Waals surface area contributed by atoms with E-state index in [1.807, 2.05) is 6.07 Å². The summed E-state index contributed by atoms with van der Waals surface area (Å²) in [6.45, 7) is 0. The van der Waals surface area contributed by atoms with Gasteiger partial charge in [-0.1, -0.05) is 42.5 Å². The van der Waals surface area contributed by atoms with Crippen molar-refractivity contribution in [1.29, 1.82) is 5.26 Å². The van der Waals surface area contributed by atoms with Crippen molar-refractivity contribution in [2.24, 2.45) is 5.73 Å². The van der Waals surface area contributed by atoms with Crippen LogP contribution in [0.3, 0.4) is 0 Å². The van der Waals surface area contributed by atoms with Crippen molar-refractivity contribution in [3.63, 3.8) is 0 Å². The van der Waals surface area contributed by atoms with Crippen LogP contribution in [0.25, 0.3) is 16.5 Å². The smallest absolute Gasteiger partial charge is 0.278 e. The number of nitrogens with zero attached hydrogens (tertiary/aromatic N) is 3. The number of hydrogen-bond acceptors (Lipinski definition) is 4. The zero-order chi connectivity index (χ0) is 16.8. The lowest BCUT2D eigenvalue weighted by Gasteiger charge is -2.13. The van der Waals surface area contributed by atoms with Gasteiger partial charge in [-0.3, -0.25) is 9.59 Å². The molecule has 0 aliphatic carbocycles. The normalized spacial score (nSPS) is 16.2. The number of nitrogens with two attached hydrogens (primary N) is 1. The van der Waals surface area contributed by atoms with Gasteiger partial charge in [0.05, 0.1) is 22.0 Å². The van der Waals surface area contributed by atoms with Crippen molar-refractivity contribution >= 4 is 16.5 Å². The molecule has 2 aromatic carbocycles. The summed E-state index contributed by atoms with van der Waals surface area (Å²) >= 11 is 0. The van der Waals surface area contributed by atoms with Crippen molar-refractivity contribution in [3.05, 3.63) is 86.4 Å². The Bertz CT molecular complexity index is 1160. The first-order valence-electron chi connectivity index (χ1n) is 7.37. The molecule has 0 saturated heterocycles. The second kappa shape index (κ2) is 5.05. The first-order chi connectivity index (χ1) is 11.6. The minimum Gasteiger partial charge on any atom is -0.305 e. The van der Waals surface area contributed by atoms with Gasteiger partial charge < -0.3 is 5.73 Å². The van der Waals surface area contributed by atoms with Crippen LogP contribution in [0.1, 0.15) is 11.7 Å². The third-order valence-electron chi connectivity index (χ3n) is 4.20. The Balaban J connectivity index is 2.21. The Labute approximate surface area is 136 Å². The van der Waals surface area contributed by atoms with E-state index in [0.717, 1.165) is 4.68 Å². The van der Waals surface area contributed by atoms with E-state index in [9.17, 15) is 14.9 Å². The van der Waals surface area contributed by atoms with Crippen LogP contribution >= 0.6 is 0 Å². The fourth-order valence-corrected chi connectivity index (χ4v) is 3.11. The molecule has 24 heavy (non-hydrogen) atoms. The summed E-state index contributed by atoms with van der Waals surface area (Å²) in [4.78, 5) is 25.8. The van der Waals surface area contributed by atoms with E-state index < -0.39 is 11.7 Å². The van der Waals surface area contributed by atoms with Gasteiger partial charge in [0.2, 0.25) is 0 Å². The molecule has 116 valence electrons. The molecule has 0 saturated carbocycles.